The van der Waals surface area contributed by atoms with Crippen molar-refractivity contribution in [2.75, 3.05) is 19.8 Å². The molecule has 0 saturated heterocycles. The lowest BCUT2D eigenvalue weighted by Gasteiger charge is -2.30. The van der Waals surface area contributed by atoms with Crippen molar-refractivity contribution in [1.82, 2.24) is 0 Å². The van der Waals surface area contributed by atoms with Crippen molar-refractivity contribution in [3.8, 4) is 0 Å². The van der Waals surface area contributed by atoms with Crippen molar-refractivity contribution < 1.29 is 38.1 Å². The molecule has 0 aliphatic carbocycles. The Morgan fingerprint density at radius 3 is 1.75 bits per heavy atom. The molecule has 0 N–H and O–H groups in total. The van der Waals surface area contributed by atoms with Crippen LogP contribution in [-0.2, 0) is 44.7 Å². The van der Waals surface area contributed by atoms with Crippen molar-refractivity contribution in [1.29, 1.82) is 0 Å². The average molecular weight is 497 g/mol. The molecule has 0 atom stereocenters. The van der Waals surface area contributed by atoms with E-state index in [1.165, 1.54) is 0 Å². The van der Waals surface area contributed by atoms with Crippen LogP contribution in [0, 0.1) is 5.41 Å². The van der Waals surface area contributed by atoms with E-state index in [-0.39, 0.29) is 37.6 Å². The van der Waals surface area contributed by atoms with Gasteiger partial charge in [-0.1, -0.05) is 55.6 Å². The monoisotopic (exact) mass is 496 g/mol. The molecule has 0 aliphatic rings. The van der Waals surface area contributed by atoms with E-state index in [2.05, 4.69) is 13.2 Å². The molecule has 0 heterocycles. The smallest absolute Gasteiger partial charge is 0.333 e. The Labute approximate surface area is 210 Å². The van der Waals surface area contributed by atoms with Crippen LogP contribution in [-0.4, -0.2) is 43.7 Å². The lowest BCUT2D eigenvalue weighted by atomic mass is 9.76. The number of hydrogen-bond acceptors (Lipinski definition) is 8. The zero-order valence-corrected chi connectivity index (χ0v) is 21.0. The summed E-state index contributed by atoms with van der Waals surface area (Å²) < 4.78 is 20.8. The van der Waals surface area contributed by atoms with Crippen molar-refractivity contribution in [2.45, 2.75) is 40.2 Å². The minimum atomic E-state index is -2.10. The zero-order chi connectivity index (χ0) is 26.7. The summed E-state index contributed by atoms with van der Waals surface area (Å²) in [5, 5.41) is 1.83. The first-order valence-electron chi connectivity index (χ1n) is 11.7. The lowest BCUT2D eigenvalue weighted by Crippen LogP contribution is -2.44. The van der Waals surface area contributed by atoms with Crippen molar-refractivity contribution in [3.63, 3.8) is 0 Å². The normalized spacial score (nSPS) is 10.9. The van der Waals surface area contributed by atoms with E-state index in [4.69, 9.17) is 18.9 Å². The topological polar surface area (TPSA) is 105 Å². The lowest BCUT2D eigenvalue weighted by molar-refractivity contribution is -0.173. The molecule has 36 heavy (non-hydrogen) atoms. The Morgan fingerprint density at radius 2 is 1.19 bits per heavy atom. The van der Waals surface area contributed by atoms with Gasteiger partial charge < -0.3 is 18.9 Å². The minimum absolute atomic E-state index is 0.0467. The van der Waals surface area contributed by atoms with Crippen LogP contribution in [0.5, 0.6) is 0 Å². The molecular formula is C28H32O8. The van der Waals surface area contributed by atoms with Crippen molar-refractivity contribution >= 4 is 34.6 Å². The first kappa shape index (κ1) is 28.3. The predicted molar refractivity (Wildman–Crippen MR) is 134 cm³/mol. The molecule has 0 saturated carbocycles. The van der Waals surface area contributed by atoms with Gasteiger partial charge in [-0.3, -0.25) is 9.59 Å². The van der Waals surface area contributed by atoms with Crippen LogP contribution in [0.2, 0.25) is 0 Å². The molecule has 0 unspecified atom stereocenters. The summed E-state index contributed by atoms with van der Waals surface area (Å²) in [6.45, 7) is 12.1. The molecule has 0 aliphatic heterocycles. The van der Waals surface area contributed by atoms with E-state index in [1.54, 1.807) is 26.8 Å². The Balaban J connectivity index is 2.46. The molecule has 192 valence electrons. The molecule has 2 aromatic rings. The minimum Gasteiger partial charge on any atom is -0.465 e. The van der Waals surface area contributed by atoms with Gasteiger partial charge in [0.25, 0.3) is 0 Å². The van der Waals surface area contributed by atoms with Gasteiger partial charge in [0.15, 0.2) is 5.41 Å². The van der Waals surface area contributed by atoms with Crippen LogP contribution in [0.1, 0.15) is 39.2 Å². The maximum absolute atomic E-state index is 13.6. The summed E-state index contributed by atoms with van der Waals surface area (Å²) in [7, 11) is 0. The maximum Gasteiger partial charge on any atom is 0.333 e. The summed E-state index contributed by atoms with van der Waals surface area (Å²) >= 11 is 0. The van der Waals surface area contributed by atoms with E-state index in [9.17, 15) is 19.2 Å². The average Bonchev–Trinajstić information content (AvgIpc) is 2.86. The molecule has 8 nitrogen and oxygen atoms in total. The van der Waals surface area contributed by atoms with Gasteiger partial charge in [-0.25, -0.2) is 9.59 Å². The van der Waals surface area contributed by atoms with E-state index >= 15 is 0 Å². The van der Waals surface area contributed by atoms with Gasteiger partial charge in [0.1, 0.15) is 6.61 Å². The molecular weight excluding hydrogens is 464 g/mol. The van der Waals surface area contributed by atoms with Gasteiger partial charge in [0.05, 0.1) is 19.8 Å². The Kier molecular flexibility index (Phi) is 10.4. The third kappa shape index (κ3) is 6.81. The van der Waals surface area contributed by atoms with Crippen LogP contribution >= 0.6 is 0 Å². The fourth-order valence-corrected chi connectivity index (χ4v) is 3.74. The van der Waals surface area contributed by atoms with Crippen molar-refractivity contribution in [3.05, 3.63) is 72.3 Å². The van der Waals surface area contributed by atoms with Crippen LogP contribution in [0.4, 0.5) is 0 Å². The van der Waals surface area contributed by atoms with E-state index in [1.807, 2.05) is 36.4 Å². The molecule has 0 aromatic heterocycles. The van der Waals surface area contributed by atoms with Gasteiger partial charge in [-0.05, 0) is 37.1 Å². The molecule has 0 amide bonds. The molecule has 8 heteroatoms. The second-order valence-electron chi connectivity index (χ2n) is 8.02. The Hall–Kier alpha value is -3.94. The fraction of sp³-hybridized carbons (Fsp3) is 0.357. The number of carbonyl (C=O) groups excluding carboxylic acids is 4. The SMILES string of the molecule is C=C(CC(CC(=C)C(=O)OCC)(C(=O)OCC)C(=O)OCc1cccc2ccccc12)C(=O)OCC. The Bertz CT molecular complexity index is 1110. The largest absolute Gasteiger partial charge is 0.465 e. The standard InChI is InChI=1S/C28H32O8/c1-6-33-24(29)19(4)16-28(26(31)35-8-3,17-20(5)25(30)34-7-2)27(32)36-18-22-14-11-13-21-12-9-10-15-23(21)22/h9-15H,4-8,16-18H2,1-3H3. The van der Waals surface area contributed by atoms with E-state index < -0.39 is 42.1 Å². The van der Waals surface area contributed by atoms with Crippen molar-refractivity contribution in [2.24, 2.45) is 5.41 Å². The molecule has 2 rings (SSSR count). The van der Waals surface area contributed by atoms with Crippen LogP contribution in [0.3, 0.4) is 0 Å². The molecule has 2 aromatic carbocycles. The predicted octanol–water partition coefficient (Wildman–Crippen LogP) is 4.45. The van der Waals surface area contributed by atoms with E-state index in [0.29, 0.717) is 5.56 Å². The summed E-state index contributed by atoms with van der Waals surface area (Å²) in [5.74, 6) is -3.52. The number of hydrogen-bond donors (Lipinski definition) is 0. The third-order valence-corrected chi connectivity index (χ3v) is 5.45. The van der Waals surface area contributed by atoms with Gasteiger partial charge in [0, 0.05) is 24.0 Å². The number of esters is 4. The van der Waals surface area contributed by atoms with Gasteiger partial charge in [0.2, 0.25) is 0 Å². The number of ether oxygens (including phenoxy) is 4. The van der Waals surface area contributed by atoms with Gasteiger partial charge in [-0.2, -0.15) is 0 Å². The number of benzene rings is 2. The van der Waals surface area contributed by atoms with Gasteiger partial charge in [-0.15, -0.1) is 0 Å². The third-order valence-electron chi connectivity index (χ3n) is 5.45. The first-order valence-corrected chi connectivity index (χ1v) is 11.7. The zero-order valence-electron chi connectivity index (χ0n) is 21.0. The second-order valence-corrected chi connectivity index (χ2v) is 8.02. The van der Waals surface area contributed by atoms with Crippen LogP contribution in [0.25, 0.3) is 10.8 Å². The highest BCUT2D eigenvalue weighted by Gasteiger charge is 2.51. The fourth-order valence-electron chi connectivity index (χ4n) is 3.74. The highest BCUT2D eigenvalue weighted by atomic mass is 16.6. The quantitative estimate of drug-likeness (QED) is 0.173. The highest BCUT2D eigenvalue weighted by molar-refractivity contribution is 6.04. The van der Waals surface area contributed by atoms with Crippen LogP contribution in [0.15, 0.2) is 66.8 Å². The number of fused-ring (bicyclic) bond motifs is 1. The number of carbonyl (C=O) groups is 4. The number of rotatable bonds is 13. The van der Waals surface area contributed by atoms with Gasteiger partial charge >= 0.3 is 23.9 Å². The molecule has 0 fully saturated rings. The first-order chi connectivity index (χ1) is 17.2. The maximum atomic E-state index is 13.6. The summed E-state index contributed by atoms with van der Waals surface area (Å²) in [6.07, 6.45) is -0.977. The summed E-state index contributed by atoms with van der Waals surface area (Å²) in [5.41, 5.74) is -1.69. The second kappa shape index (κ2) is 13.2. The van der Waals surface area contributed by atoms with Crippen LogP contribution < -0.4 is 0 Å². The highest BCUT2D eigenvalue weighted by Crippen LogP contribution is 2.37. The summed E-state index contributed by atoms with van der Waals surface area (Å²) in [6, 6.07) is 13.1. The Morgan fingerprint density at radius 1 is 0.694 bits per heavy atom. The molecule has 0 spiro atoms. The molecule has 0 radical (unpaired) electrons. The summed E-state index contributed by atoms with van der Waals surface area (Å²) in [4.78, 5) is 51.5. The van der Waals surface area contributed by atoms with E-state index in [0.717, 1.165) is 10.8 Å². The molecule has 0 bridgehead atoms.